The molecule has 0 nitrogen and oxygen atoms in total. The second-order valence-corrected chi connectivity index (χ2v) is 4.71. The second kappa shape index (κ2) is 2.43. The molecule has 0 saturated heterocycles. The van der Waals surface area contributed by atoms with Crippen molar-refractivity contribution in [2.24, 2.45) is 11.3 Å². The minimum absolute atomic E-state index is 0.0599. The highest BCUT2D eigenvalue weighted by atomic mass is 19.3. The summed E-state index contributed by atoms with van der Waals surface area (Å²) in [6, 6.07) is 0. The van der Waals surface area contributed by atoms with Gasteiger partial charge in [0.1, 0.15) is 0 Å². The van der Waals surface area contributed by atoms with Gasteiger partial charge < -0.3 is 0 Å². The van der Waals surface area contributed by atoms with Crippen LogP contribution < -0.4 is 0 Å². The van der Waals surface area contributed by atoms with Gasteiger partial charge in [-0.1, -0.05) is 20.8 Å². The molecule has 0 spiro atoms. The molecule has 1 rings (SSSR count). The lowest BCUT2D eigenvalue weighted by atomic mass is 9.71. The van der Waals surface area contributed by atoms with Gasteiger partial charge in [0.15, 0.2) is 0 Å². The van der Waals surface area contributed by atoms with Crippen molar-refractivity contribution < 1.29 is 8.78 Å². The van der Waals surface area contributed by atoms with Crippen LogP contribution >= 0.6 is 0 Å². The first-order chi connectivity index (χ1) is 4.81. The molecular weight excluding hydrogens is 146 g/mol. The summed E-state index contributed by atoms with van der Waals surface area (Å²) in [5, 5.41) is 0. The average Bonchev–Trinajstić information content (AvgIpc) is 1.49. The van der Waals surface area contributed by atoms with E-state index in [0.717, 1.165) is 6.42 Å². The highest BCUT2D eigenvalue weighted by Gasteiger charge is 2.43. The monoisotopic (exact) mass is 162 g/mol. The van der Waals surface area contributed by atoms with Crippen LogP contribution in [0.15, 0.2) is 0 Å². The molecular formula is C9H16F2. The Bertz CT molecular complexity index is 134. The van der Waals surface area contributed by atoms with Gasteiger partial charge in [-0.3, -0.25) is 0 Å². The zero-order chi connectivity index (χ0) is 8.70. The Kier molecular flexibility index (Phi) is 1.97. The molecule has 1 fully saturated rings. The summed E-state index contributed by atoms with van der Waals surface area (Å²) >= 11 is 0. The number of alkyl halides is 2. The molecule has 1 atom stereocenters. The van der Waals surface area contributed by atoms with Crippen molar-refractivity contribution in [3.05, 3.63) is 0 Å². The van der Waals surface area contributed by atoms with Gasteiger partial charge in [-0.05, 0) is 17.8 Å². The lowest BCUT2D eigenvalue weighted by Crippen LogP contribution is -2.35. The summed E-state index contributed by atoms with van der Waals surface area (Å²) in [7, 11) is 0. The van der Waals surface area contributed by atoms with Crippen LogP contribution in [0.1, 0.15) is 40.0 Å². The normalized spacial score (nSPS) is 35.2. The molecule has 1 saturated carbocycles. The smallest absolute Gasteiger partial charge is 0.207 e. The molecule has 0 aliphatic heterocycles. The van der Waals surface area contributed by atoms with Gasteiger partial charge in [0.2, 0.25) is 5.92 Å². The Hall–Kier alpha value is -0.140. The van der Waals surface area contributed by atoms with Crippen molar-refractivity contribution in [1.29, 1.82) is 0 Å². The molecule has 0 aromatic heterocycles. The Labute approximate surface area is 67.0 Å². The van der Waals surface area contributed by atoms with Crippen LogP contribution in [-0.2, 0) is 0 Å². The van der Waals surface area contributed by atoms with E-state index in [-0.39, 0.29) is 24.2 Å². The van der Waals surface area contributed by atoms with E-state index in [1.165, 1.54) is 0 Å². The third-order valence-electron chi connectivity index (χ3n) is 2.29. The first-order valence-corrected chi connectivity index (χ1v) is 4.19. The van der Waals surface area contributed by atoms with Crippen molar-refractivity contribution in [1.82, 2.24) is 0 Å². The largest absolute Gasteiger partial charge is 0.248 e. The maximum Gasteiger partial charge on any atom is 0.248 e. The molecule has 0 N–H and O–H groups in total. The predicted octanol–water partition coefficient (Wildman–Crippen LogP) is 3.47. The summed E-state index contributed by atoms with van der Waals surface area (Å²) < 4.78 is 25.9. The SMILES string of the molecule is C[C@H]1CC(C)(C)CC(F)(F)C1. The molecule has 0 aromatic rings. The Morgan fingerprint density at radius 1 is 1.18 bits per heavy atom. The maximum absolute atomic E-state index is 13.0. The molecule has 0 bridgehead atoms. The third-order valence-corrected chi connectivity index (χ3v) is 2.29. The van der Waals surface area contributed by atoms with Gasteiger partial charge in [-0.2, -0.15) is 0 Å². The first-order valence-electron chi connectivity index (χ1n) is 4.19. The first kappa shape index (κ1) is 8.95. The van der Waals surface area contributed by atoms with Gasteiger partial charge in [-0.25, -0.2) is 8.78 Å². The van der Waals surface area contributed by atoms with Crippen LogP contribution in [0.3, 0.4) is 0 Å². The lowest BCUT2D eigenvalue weighted by molar-refractivity contribution is -0.0904. The highest BCUT2D eigenvalue weighted by molar-refractivity contribution is 4.86. The molecule has 66 valence electrons. The minimum atomic E-state index is -2.42. The molecule has 1 aliphatic rings. The quantitative estimate of drug-likeness (QED) is 0.511. The van der Waals surface area contributed by atoms with Crippen molar-refractivity contribution in [3.63, 3.8) is 0 Å². The van der Waals surface area contributed by atoms with Crippen LogP contribution in [-0.4, -0.2) is 5.92 Å². The zero-order valence-electron chi connectivity index (χ0n) is 7.45. The molecule has 11 heavy (non-hydrogen) atoms. The summed E-state index contributed by atoms with van der Waals surface area (Å²) in [6.07, 6.45) is 1.07. The lowest BCUT2D eigenvalue weighted by Gasteiger charge is -2.38. The van der Waals surface area contributed by atoms with E-state index in [1.54, 1.807) is 0 Å². The fourth-order valence-electron chi connectivity index (χ4n) is 2.37. The molecule has 2 heteroatoms. The van der Waals surface area contributed by atoms with Gasteiger partial charge in [0, 0.05) is 12.8 Å². The van der Waals surface area contributed by atoms with Crippen LogP contribution in [0.5, 0.6) is 0 Å². The van der Waals surface area contributed by atoms with Gasteiger partial charge in [0.05, 0.1) is 0 Å². The van der Waals surface area contributed by atoms with Crippen LogP contribution in [0, 0.1) is 11.3 Å². The van der Waals surface area contributed by atoms with E-state index >= 15 is 0 Å². The molecule has 0 unspecified atom stereocenters. The fourth-order valence-corrected chi connectivity index (χ4v) is 2.37. The summed E-state index contributed by atoms with van der Waals surface area (Å²) in [6.45, 7) is 5.77. The van der Waals surface area contributed by atoms with Crippen molar-refractivity contribution in [2.45, 2.75) is 46.0 Å². The number of hydrogen-bond acceptors (Lipinski definition) is 0. The van der Waals surface area contributed by atoms with Crippen molar-refractivity contribution >= 4 is 0 Å². The molecule has 0 radical (unpaired) electrons. The zero-order valence-corrected chi connectivity index (χ0v) is 7.45. The topological polar surface area (TPSA) is 0 Å². The van der Waals surface area contributed by atoms with Crippen LogP contribution in [0.4, 0.5) is 8.78 Å². The van der Waals surface area contributed by atoms with E-state index in [0.29, 0.717) is 0 Å². The summed E-state index contributed by atoms with van der Waals surface area (Å²) in [5.41, 5.74) is -0.166. The van der Waals surface area contributed by atoms with Gasteiger partial charge >= 0.3 is 0 Å². The van der Waals surface area contributed by atoms with E-state index in [4.69, 9.17) is 0 Å². The number of halogens is 2. The molecule has 0 aromatic carbocycles. The van der Waals surface area contributed by atoms with Gasteiger partial charge in [-0.15, -0.1) is 0 Å². The predicted molar refractivity (Wildman–Crippen MR) is 41.7 cm³/mol. The molecule has 0 heterocycles. The number of hydrogen-bond donors (Lipinski definition) is 0. The Morgan fingerprint density at radius 3 is 2.09 bits per heavy atom. The Balaban J connectivity index is 2.66. The summed E-state index contributed by atoms with van der Waals surface area (Å²) in [5.74, 6) is -2.24. The standard InChI is InChI=1S/C9H16F2/c1-7-4-8(2,3)6-9(10,11)5-7/h7H,4-6H2,1-3H3/t7-/m0/s1. The fraction of sp³-hybridized carbons (Fsp3) is 1.00. The van der Waals surface area contributed by atoms with E-state index in [1.807, 2.05) is 20.8 Å². The van der Waals surface area contributed by atoms with Gasteiger partial charge in [0.25, 0.3) is 0 Å². The third kappa shape index (κ3) is 2.42. The number of rotatable bonds is 0. The van der Waals surface area contributed by atoms with Crippen molar-refractivity contribution in [2.75, 3.05) is 0 Å². The van der Waals surface area contributed by atoms with E-state index in [9.17, 15) is 8.78 Å². The Morgan fingerprint density at radius 2 is 1.73 bits per heavy atom. The minimum Gasteiger partial charge on any atom is -0.207 e. The van der Waals surface area contributed by atoms with E-state index < -0.39 is 5.92 Å². The second-order valence-electron chi connectivity index (χ2n) is 4.71. The van der Waals surface area contributed by atoms with Crippen LogP contribution in [0.25, 0.3) is 0 Å². The molecule has 1 aliphatic carbocycles. The highest BCUT2D eigenvalue weighted by Crippen LogP contribution is 2.46. The summed E-state index contributed by atoms with van der Waals surface area (Å²) in [4.78, 5) is 0. The maximum atomic E-state index is 13.0. The molecule has 0 amide bonds. The van der Waals surface area contributed by atoms with E-state index in [2.05, 4.69) is 0 Å². The van der Waals surface area contributed by atoms with Crippen molar-refractivity contribution in [3.8, 4) is 0 Å². The average molecular weight is 162 g/mol. The van der Waals surface area contributed by atoms with Crippen LogP contribution in [0.2, 0.25) is 0 Å².